The summed E-state index contributed by atoms with van der Waals surface area (Å²) in [6.45, 7) is 6.05. The van der Waals surface area contributed by atoms with Gasteiger partial charge in [0, 0.05) is 10.4 Å². The number of hydrogen-bond donors (Lipinski definition) is 0. The maximum Gasteiger partial charge on any atom is 0.510 e. The third-order valence-electron chi connectivity index (χ3n) is 6.12. The second-order valence-corrected chi connectivity index (χ2v) is 11.2. The number of alkyl halides is 3. The standard InChI is InChI=1S/C29H26F3N5O5S/c1-17-23(34-25(43-17)20-10-12-21(13-11-20)29(30,31)32)24-22(14-33)35-37(36-24)18(2)42-27(39)41-16-28(3,4)26(38)40-15-19-8-6-5-7-9-19/h5-13,18H,15-16H2,1-4H3. The first-order chi connectivity index (χ1) is 20.3. The van der Waals surface area contributed by atoms with Crippen LogP contribution in [0.3, 0.4) is 0 Å². The minimum absolute atomic E-state index is 0.0728. The van der Waals surface area contributed by atoms with Gasteiger partial charge in [0.15, 0.2) is 11.4 Å². The summed E-state index contributed by atoms with van der Waals surface area (Å²) >= 11 is 1.21. The SMILES string of the molecule is Cc1sc(-c2ccc(C(F)(F)F)cc2)nc1-c1nn(C(C)OC(=O)OCC(C)(C)C(=O)OCc2ccccc2)nc1C#N. The van der Waals surface area contributed by atoms with Crippen LogP contribution in [0.5, 0.6) is 0 Å². The molecule has 224 valence electrons. The molecular formula is C29H26F3N5O5S. The summed E-state index contributed by atoms with van der Waals surface area (Å²) in [5.41, 5.74) is -0.336. The van der Waals surface area contributed by atoms with E-state index in [1.165, 1.54) is 30.4 Å². The molecule has 43 heavy (non-hydrogen) atoms. The van der Waals surface area contributed by atoms with E-state index in [0.717, 1.165) is 22.5 Å². The van der Waals surface area contributed by atoms with Gasteiger partial charge in [-0.3, -0.25) is 4.79 Å². The lowest BCUT2D eigenvalue weighted by Crippen LogP contribution is -2.33. The van der Waals surface area contributed by atoms with Crippen molar-refractivity contribution in [1.29, 1.82) is 5.26 Å². The Morgan fingerprint density at radius 3 is 2.33 bits per heavy atom. The Labute approximate surface area is 248 Å². The van der Waals surface area contributed by atoms with E-state index >= 15 is 0 Å². The largest absolute Gasteiger partial charge is 0.510 e. The third-order valence-corrected chi connectivity index (χ3v) is 7.14. The number of esters is 1. The first-order valence-corrected chi connectivity index (χ1v) is 13.7. The predicted octanol–water partition coefficient (Wildman–Crippen LogP) is 6.71. The molecule has 2 aromatic heterocycles. The Morgan fingerprint density at radius 1 is 1.02 bits per heavy atom. The summed E-state index contributed by atoms with van der Waals surface area (Å²) in [6.07, 6.45) is -6.66. The molecule has 0 aliphatic heterocycles. The number of nitriles is 1. The van der Waals surface area contributed by atoms with Gasteiger partial charge in [-0.05, 0) is 45.4 Å². The molecule has 2 aromatic carbocycles. The molecule has 10 nitrogen and oxygen atoms in total. The van der Waals surface area contributed by atoms with E-state index in [0.29, 0.717) is 21.1 Å². The summed E-state index contributed by atoms with van der Waals surface area (Å²) in [4.78, 5) is 31.0. The highest BCUT2D eigenvalue weighted by Crippen LogP contribution is 2.36. The fourth-order valence-corrected chi connectivity index (χ4v) is 4.62. The Kier molecular flexibility index (Phi) is 9.15. The molecular weight excluding hydrogens is 587 g/mol. The van der Waals surface area contributed by atoms with Crippen molar-refractivity contribution >= 4 is 23.5 Å². The van der Waals surface area contributed by atoms with Crippen LogP contribution < -0.4 is 0 Å². The number of carbonyl (C=O) groups excluding carboxylic acids is 2. The van der Waals surface area contributed by atoms with Gasteiger partial charge in [0.05, 0.1) is 11.0 Å². The van der Waals surface area contributed by atoms with E-state index in [9.17, 15) is 28.0 Å². The quantitative estimate of drug-likeness (QED) is 0.189. The van der Waals surface area contributed by atoms with Gasteiger partial charge in [-0.2, -0.15) is 18.4 Å². The fourth-order valence-electron chi connectivity index (χ4n) is 3.70. The molecule has 1 atom stereocenters. The van der Waals surface area contributed by atoms with Crippen LogP contribution in [-0.4, -0.2) is 38.7 Å². The molecule has 14 heteroatoms. The van der Waals surface area contributed by atoms with E-state index in [-0.39, 0.29) is 24.6 Å². The zero-order valence-electron chi connectivity index (χ0n) is 23.5. The van der Waals surface area contributed by atoms with Crippen LogP contribution in [0.25, 0.3) is 22.0 Å². The van der Waals surface area contributed by atoms with Crippen molar-refractivity contribution in [3.8, 4) is 28.0 Å². The van der Waals surface area contributed by atoms with Gasteiger partial charge < -0.3 is 14.2 Å². The maximum atomic E-state index is 12.9. The predicted molar refractivity (Wildman–Crippen MR) is 148 cm³/mol. The van der Waals surface area contributed by atoms with Crippen LogP contribution >= 0.6 is 11.3 Å². The Bertz CT molecular complexity index is 1640. The van der Waals surface area contributed by atoms with Gasteiger partial charge in [0.2, 0.25) is 6.23 Å². The first-order valence-electron chi connectivity index (χ1n) is 12.9. The van der Waals surface area contributed by atoms with E-state index in [4.69, 9.17) is 14.2 Å². The van der Waals surface area contributed by atoms with Gasteiger partial charge in [0.1, 0.15) is 30.0 Å². The summed E-state index contributed by atoms with van der Waals surface area (Å²) in [6, 6.07) is 15.6. The van der Waals surface area contributed by atoms with Crippen molar-refractivity contribution in [2.75, 3.05) is 6.61 Å². The normalized spacial score (nSPS) is 12.3. The third kappa shape index (κ3) is 7.55. The highest BCUT2D eigenvalue weighted by atomic mass is 32.1. The fraction of sp³-hybridized carbons (Fsp3) is 0.310. The van der Waals surface area contributed by atoms with Crippen molar-refractivity contribution < 1.29 is 37.0 Å². The van der Waals surface area contributed by atoms with E-state index in [2.05, 4.69) is 15.2 Å². The zero-order chi connectivity index (χ0) is 31.4. The van der Waals surface area contributed by atoms with Crippen molar-refractivity contribution in [2.24, 2.45) is 5.41 Å². The topological polar surface area (TPSA) is 129 Å². The van der Waals surface area contributed by atoms with Gasteiger partial charge in [-0.15, -0.1) is 26.3 Å². The minimum atomic E-state index is -4.46. The zero-order valence-corrected chi connectivity index (χ0v) is 24.3. The molecule has 0 fully saturated rings. The van der Waals surface area contributed by atoms with Crippen molar-refractivity contribution in [1.82, 2.24) is 20.0 Å². The smallest absolute Gasteiger partial charge is 0.460 e. The molecule has 0 radical (unpaired) electrons. The number of benzene rings is 2. The molecule has 4 rings (SSSR count). The van der Waals surface area contributed by atoms with Crippen LogP contribution in [-0.2, 0) is 31.8 Å². The maximum absolute atomic E-state index is 12.9. The lowest BCUT2D eigenvalue weighted by molar-refractivity contribution is -0.158. The van der Waals surface area contributed by atoms with Crippen molar-refractivity contribution in [3.63, 3.8) is 0 Å². The minimum Gasteiger partial charge on any atom is -0.460 e. The van der Waals surface area contributed by atoms with Crippen molar-refractivity contribution in [2.45, 2.75) is 46.7 Å². The van der Waals surface area contributed by atoms with Crippen LogP contribution in [0.15, 0.2) is 54.6 Å². The Balaban J connectivity index is 1.40. The number of halogens is 3. The molecule has 0 aliphatic rings. The number of nitrogens with zero attached hydrogens (tertiary/aromatic N) is 5. The average molecular weight is 614 g/mol. The van der Waals surface area contributed by atoms with Gasteiger partial charge in [0.25, 0.3) is 0 Å². The molecule has 0 saturated heterocycles. The molecule has 0 amide bonds. The van der Waals surface area contributed by atoms with Crippen LogP contribution in [0.4, 0.5) is 18.0 Å². The van der Waals surface area contributed by atoms with E-state index < -0.39 is 35.5 Å². The summed E-state index contributed by atoms with van der Waals surface area (Å²) in [5, 5.41) is 18.4. The lowest BCUT2D eigenvalue weighted by atomic mass is 9.95. The van der Waals surface area contributed by atoms with Gasteiger partial charge >= 0.3 is 18.3 Å². The number of aromatic nitrogens is 4. The second kappa shape index (κ2) is 12.6. The average Bonchev–Trinajstić information content (AvgIpc) is 3.58. The molecule has 0 aliphatic carbocycles. The Morgan fingerprint density at radius 2 is 1.70 bits per heavy atom. The van der Waals surface area contributed by atoms with E-state index in [1.54, 1.807) is 20.8 Å². The molecule has 0 N–H and O–H groups in total. The van der Waals surface area contributed by atoms with E-state index in [1.807, 2.05) is 36.4 Å². The summed E-state index contributed by atoms with van der Waals surface area (Å²) in [5.74, 6) is -0.566. The number of ether oxygens (including phenoxy) is 3. The molecule has 4 aromatic rings. The highest BCUT2D eigenvalue weighted by Gasteiger charge is 2.33. The van der Waals surface area contributed by atoms with Gasteiger partial charge in [-0.1, -0.05) is 42.5 Å². The number of aryl methyl sites for hydroxylation is 1. The number of thiazole rings is 1. The van der Waals surface area contributed by atoms with Crippen LogP contribution in [0.2, 0.25) is 0 Å². The van der Waals surface area contributed by atoms with Gasteiger partial charge in [-0.25, -0.2) is 9.78 Å². The van der Waals surface area contributed by atoms with Crippen LogP contribution in [0.1, 0.15) is 48.7 Å². The number of carbonyl (C=O) groups is 2. The lowest BCUT2D eigenvalue weighted by Gasteiger charge is -2.22. The molecule has 0 saturated carbocycles. The second-order valence-electron chi connectivity index (χ2n) is 10.0. The molecule has 0 bridgehead atoms. The monoisotopic (exact) mass is 613 g/mol. The molecule has 1 unspecified atom stereocenters. The number of hydrogen-bond acceptors (Lipinski definition) is 10. The number of rotatable bonds is 9. The highest BCUT2D eigenvalue weighted by molar-refractivity contribution is 7.15. The molecule has 0 spiro atoms. The van der Waals surface area contributed by atoms with Crippen LogP contribution in [0, 0.1) is 23.7 Å². The Hall–Kier alpha value is -4.77. The first kappa shape index (κ1) is 31.2. The summed E-state index contributed by atoms with van der Waals surface area (Å²) < 4.78 is 54.5. The molecule has 2 heterocycles. The summed E-state index contributed by atoms with van der Waals surface area (Å²) in [7, 11) is 0. The van der Waals surface area contributed by atoms with Crippen molar-refractivity contribution in [3.05, 3.63) is 76.3 Å².